The summed E-state index contributed by atoms with van der Waals surface area (Å²) in [6.07, 6.45) is 3.64. The molecule has 0 atom stereocenters. The minimum atomic E-state index is 0.961. The predicted molar refractivity (Wildman–Crippen MR) is 165 cm³/mol. The molecule has 4 nitrogen and oxygen atoms in total. The van der Waals surface area contributed by atoms with Gasteiger partial charge in [-0.15, -0.1) is 0 Å². The SMILES string of the molecule is c1ccc(-c2ccc3ccc4cccnc4c3n2)cc1.c1ccc(-c2ccc3ccc4cccnc4c3n2)cc1. The first-order valence-corrected chi connectivity index (χ1v) is 13.2. The lowest BCUT2D eigenvalue weighted by atomic mass is 10.1. The maximum Gasteiger partial charge on any atom is 0.0972 e. The van der Waals surface area contributed by atoms with Crippen molar-refractivity contribution < 1.29 is 0 Å². The summed E-state index contributed by atoms with van der Waals surface area (Å²) < 4.78 is 0. The summed E-state index contributed by atoms with van der Waals surface area (Å²) in [7, 11) is 0. The first kappa shape index (κ1) is 23.6. The van der Waals surface area contributed by atoms with Crippen LogP contribution in [0.25, 0.3) is 66.1 Å². The molecule has 4 heterocycles. The van der Waals surface area contributed by atoms with Crippen molar-refractivity contribution in [1.82, 2.24) is 19.9 Å². The zero-order chi connectivity index (χ0) is 26.7. The third-order valence-corrected chi connectivity index (χ3v) is 7.00. The van der Waals surface area contributed by atoms with Crippen LogP contribution in [-0.4, -0.2) is 19.9 Å². The molecule has 0 unspecified atom stereocenters. The minimum absolute atomic E-state index is 0.961. The molecule has 4 aromatic heterocycles. The van der Waals surface area contributed by atoms with Crippen LogP contribution in [0.2, 0.25) is 0 Å². The molecular weight excluding hydrogens is 488 g/mol. The van der Waals surface area contributed by atoms with Crippen LogP contribution >= 0.6 is 0 Å². The van der Waals surface area contributed by atoms with Crippen LogP contribution in [0.3, 0.4) is 0 Å². The van der Waals surface area contributed by atoms with Gasteiger partial charge in [0.2, 0.25) is 0 Å². The second kappa shape index (κ2) is 10.4. The highest BCUT2D eigenvalue weighted by molar-refractivity contribution is 6.04. The van der Waals surface area contributed by atoms with E-state index in [1.165, 1.54) is 0 Å². The Morgan fingerprint density at radius 2 is 0.675 bits per heavy atom. The highest BCUT2D eigenvalue weighted by atomic mass is 14.8. The summed E-state index contributed by atoms with van der Waals surface area (Å²) >= 11 is 0. The van der Waals surface area contributed by atoms with Gasteiger partial charge < -0.3 is 0 Å². The van der Waals surface area contributed by atoms with Gasteiger partial charge in [-0.1, -0.05) is 109 Å². The van der Waals surface area contributed by atoms with E-state index in [1.54, 1.807) is 0 Å². The summed E-state index contributed by atoms with van der Waals surface area (Å²) in [6.45, 7) is 0. The topological polar surface area (TPSA) is 51.6 Å². The van der Waals surface area contributed by atoms with Crippen molar-refractivity contribution in [1.29, 1.82) is 0 Å². The van der Waals surface area contributed by atoms with Crippen molar-refractivity contribution in [3.8, 4) is 22.5 Å². The van der Waals surface area contributed by atoms with Crippen molar-refractivity contribution in [3.05, 3.63) is 146 Å². The van der Waals surface area contributed by atoms with Gasteiger partial charge in [0.05, 0.1) is 33.5 Å². The van der Waals surface area contributed by atoms with Crippen molar-refractivity contribution in [3.63, 3.8) is 0 Å². The Balaban J connectivity index is 0.000000132. The van der Waals surface area contributed by atoms with Crippen molar-refractivity contribution in [2.75, 3.05) is 0 Å². The number of pyridine rings is 4. The van der Waals surface area contributed by atoms with E-state index in [9.17, 15) is 0 Å². The minimum Gasteiger partial charge on any atom is -0.254 e. The molecular formula is C36H24N4. The van der Waals surface area contributed by atoms with Gasteiger partial charge in [0.1, 0.15) is 0 Å². The van der Waals surface area contributed by atoms with Crippen LogP contribution in [0.4, 0.5) is 0 Å². The summed E-state index contributed by atoms with van der Waals surface area (Å²) in [6, 6.07) is 45.2. The average Bonchev–Trinajstić information content (AvgIpc) is 3.05. The first-order chi connectivity index (χ1) is 19.8. The number of rotatable bonds is 2. The number of aromatic nitrogens is 4. The average molecular weight is 513 g/mol. The third kappa shape index (κ3) is 4.52. The van der Waals surface area contributed by atoms with Crippen LogP contribution in [-0.2, 0) is 0 Å². The molecule has 0 bridgehead atoms. The van der Waals surface area contributed by atoms with Crippen molar-refractivity contribution in [2.45, 2.75) is 0 Å². The van der Waals surface area contributed by atoms with E-state index in [0.717, 1.165) is 66.1 Å². The van der Waals surface area contributed by atoms with Gasteiger partial charge in [0.25, 0.3) is 0 Å². The maximum absolute atomic E-state index is 4.81. The highest BCUT2D eigenvalue weighted by Gasteiger charge is 2.07. The number of nitrogens with zero attached hydrogens (tertiary/aromatic N) is 4. The highest BCUT2D eigenvalue weighted by Crippen LogP contribution is 2.27. The van der Waals surface area contributed by atoms with Crippen molar-refractivity contribution in [2.24, 2.45) is 0 Å². The third-order valence-electron chi connectivity index (χ3n) is 7.00. The molecule has 4 heteroatoms. The molecule has 0 fully saturated rings. The van der Waals surface area contributed by atoms with Crippen LogP contribution in [0, 0.1) is 0 Å². The second-order valence-electron chi connectivity index (χ2n) is 9.55. The molecule has 0 aliphatic rings. The Hall–Kier alpha value is -5.48. The summed E-state index contributed by atoms with van der Waals surface area (Å²) in [5.41, 5.74) is 8.07. The number of benzene rings is 4. The molecule has 0 saturated carbocycles. The fourth-order valence-electron chi connectivity index (χ4n) is 4.99. The normalized spacial score (nSPS) is 11.0. The summed E-state index contributed by atoms with van der Waals surface area (Å²) in [5.74, 6) is 0. The largest absolute Gasteiger partial charge is 0.254 e. The monoisotopic (exact) mass is 512 g/mol. The fourth-order valence-corrected chi connectivity index (χ4v) is 4.99. The molecule has 40 heavy (non-hydrogen) atoms. The second-order valence-corrected chi connectivity index (χ2v) is 9.55. The lowest BCUT2D eigenvalue weighted by Crippen LogP contribution is -1.88. The smallest absolute Gasteiger partial charge is 0.0972 e. The molecule has 0 amide bonds. The van der Waals surface area contributed by atoms with Gasteiger partial charge >= 0.3 is 0 Å². The van der Waals surface area contributed by atoms with E-state index in [0.29, 0.717) is 0 Å². The Labute approximate surface area is 231 Å². The molecule has 0 radical (unpaired) electrons. The molecule has 0 aliphatic carbocycles. The molecule has 4 aromatic carbocycles. The van der Waals surface area contributed by atoms with Crippen LogP contribution < -0.4 is 0 Å². The lowest BCUT2D eigenvalue weighted by Gasteiger charge is -2.05. The molecule has 8 rings (SSSR count). The lowest BCUT2D eigenvalue weighted by molar-refractivity contribution is 1.37. The van der Waals surface area contributed by atoms with E-state index >= 15 is 0 Å². The van der Waals surface area contributed by atoms with Gasteiger partial charge in [-0.2, -0.15) is 0 Å². The van der Waals surface area contributed by atoms with Gasteiger partial charge in [0, 0.05) is 45.1 Å². The summed E-state index contributed by atoms with van der Waals surface area (Å²) in [5, 5.41) is 4.49. The zero-order valence-electron chi connectivity index (χ0n) is 21.6. The van der Waals surface area contributed by atoms with E-state index in [1.807, 2.05) is 60.9 Å². The Kier molecular flexibility index (Phi) is 6.11. The van der Waals surface area contributed by atoms with Crippen LogP contribution in [0.15, 0.2) is 146 Å². The molecule has 8 aromatic rings. The van der Waals surface area contributed by atoms with Crippen LogP contribution in [0.1, 0.15) is 0 Å². The number of hydrogen-bond donors (Lipinski definition) is 0. The quantitative estimate of drug-likeness (QED) is 0.217. The van der Waals surface area contributed by atoms with Gasteiger partial charge in [0.15, 0.2) is 0 Å². The van der Waals surface area contributed by atoms with Gasteiger partial charge in [-0.25, -0.2) is 9.97 Å². The Bertz CT molecular complexity index is 1950. The van der Waals surface area contributed by atoms with E-state index in [4.69, 9.17) is 9.97 Å². The Morgan fingerprint density at radius 3 is 1.10 bits per heavy atom. The predicted octanol–water partition coefficient (Wildman–Crippen LogP) is 8.90. The maximum atomic E-state index is 4.81. The van der Waals surface area contributed by atoms with E-state index in [2.05, 4.69) is 94.9 Å². The first-order valence-electron chi connectivity index (χ1n) is 13.2. The van der Waals surface area contributed by atoms with E-state index < -0.39 is 0 Å². The standard InChI is InChI=1S/2C18H12N2/c2*1-2-5-13(6-3-1)16-11-10-15-9-8-14-7-4-12-19-17(14)18(15)20-16/h2*1-12H. The number of hydrogen-bond acceptors (Lipinski definition) is 4. The fraction of sp³-hybridized carbons (Fsp3) is 0. The van der Waals surface area contributed by atoms with Gasteiger partial charge in [-0.05, 0) is 24.3 Å². The van der Waals surface area contributed by atoms with E-state index in [-0.39, 0.29) is 0 Å². The molecule has 0 N–H and O–H groups in total. The van der Waals surface area contributed by atoms with Crippen molar-refractivity contribution >= 4 is 43.6 Å². The Morgan fingerprint density at radius 1 is 0.300 bits per heavy atom. The molecule has 0 aliphatic heterocycles. The van der Waals surface area contributed by atoms with Crippen LogP contribution in [0.5, 0.6) is 0 Å². The molecule has 0 spiro atoms. The molecule has 188 valence electrons. The zero-order valence-corrected chi connectivity index (χ0v) is 21.6. The van der Waals surface area contributed by atoms with Gasteiger partial charge in [-0.3, -0.25) is 9.97 Å². The summed E-state index contributed by atoms with van der Waals surface area (Å²) in [4.78, 5) is 18.6. The number of fused-ring (bicyclic) bond motifs is 6. The molecule has 0 saturated heterocycles.